The molecular weight excluding hydrogens is 217 g/mol. The zero-order valence-electron chi connectivity index (χ0n) is 5.12. The van der Waals surface area contributed by atoms with Gasteiger partial charge in [0.2, 0.25) is 0 Å². The lowest BCUT2D eigenvalue weighted by molar-refractivity contribution is 0.909. The van der Waals surface area contributed by atoms with Crippen molar-refractivity contribution in [1.82, 2.24) is 5.32 Å². The van der Waals surface area contributed by atoms with Crippen LogP contribution in [0.5, 0.6) is 0 Å². The predicted octanol–water partition coefficient (Wildman–Crippen LogP) is 0.739. The summed E-state index contributed by atoms with van der Waals surface area (Å²) < 4.78 is 0. The van der Waals surface area contributed by atoms with Crippen LogP contribution >= 0.6 is 27.5 Å². The number of halogens is 2. The van der Waals surface area contributed by atoms with Crippen molar-refractivity contribution in [1.29, 1.82) is 5.41 Å². The molecule has 3 nitrogen and oxygen atoms in total. The molecule has 0 fully saturated rings. The molecular formula is C5H7BrClN3. The molecule has 0 saturated heterocycles. The summed E-state index contributed by atoms with van der Waals surface area (Å²) in [5.74, 6) is 0. The van der Waals surface area contributed by atoms with Gasteiger partial charge in [-0.15, -0.1) is 0 Å². The minimum atomic E-state index is -0.0283. The fraction of sp³-hybridized carbons (Fsp3) is 0.400. The van der Waals surface area contributed by atoms with Crippen LogP contribution in [0.1, 0.15) is 0 Å². The molecule has 56 valence electrons. The van der Waals surface area contributed by atoms with Crippen LogP contribution in [-0.4, -0.2) is 16.5 Å². The SMILES string of the molecule is N=C(Cl)C1=C(N)C(Br)CN1. The van der Waals surface area contributed by atoms with E-state index in [2.05, 4.69) is 21.2 Å². The largest absolute Gasteiger partial charge is 0.399 e. The van der Waals surface area contributed by atoms with Gasteiger partial charge in [0, 0.05) is 6.54 Å². The summed E-state index contributed by atoms with van der Waals surface area (Å²) in [6, 6.07) is 0. The van der Waals surface area contributed by atoms with Crippen LogP contribution in [0.15, 0.2) is 11.4 Å². The Bertz CT molecular complexity index is 201. The topological polar surface area (TPSA) is 61.9 Å². The minimum Gasteiger partial charge on any atom is -0.399 e. The molecule has 0 aromatic heterocycles. The van der Waals surface area contributed by atoms with Crippen molar-refractivity contribution in [2.24, 2.45) is 5.73 Å². The standard InChI is InChI=1S/C5H7BrClN3/c6-2-1-10-4(3(2)8)5(7)9/h2,9-10H,1,8H2. The van der Waals surface area contributed by atoms with Crippen LogP contribution in [0.2, 0.25) is 0 Å². The first kappa shape index (κ1) is 7.88. The molecule has 0 amide bonds. The highest BCUT2D eigenvalue weighted by atomic mass is 79.9. The third-order valence-electron chi connectivity index (χ3n) is 1.30. The Kier molecular flexibility index (Phi) is 2.21. The monoisotopic (exact) mass is 223 g/mol. The quantitative estimate of drug-likeness (QED) is 0.454. The molecule has 5 heteroatoms. The number of hydrogen-bond donors (Lipinski definition) is 3. The first-order valence-electron chi connectivity index (χ1n) is 2.75. The van der Waals surface area contributed by atoms with Gasteiger partial charge in [-0.3, -0.25) is 5.41 Å². The van der Waals surface area contributed by atoms with E-state index >= 15 is 0 Å². The van der Waals surface area contributed by atoms with Crippen LogP contribution < -0.4 is 11.1 Å². The molecule has 4 N–H and O–H groups in total. The lowest BCUT2D eigenvalue weighted by Crippen LogP contribution is -2.14. The Balaban J connectivity index is 2.85. The Morgan fingerprint density at radius 3 is 2.70 bits per heavy atom. The zero-order valence-corrected chi connectivity index (χ0v) is 7.46. The van der Waals surface area contributed by atoms with E-state index in [4.69, 9.17) is 22.7 Å². The molecule has 1 unspecified atom stereocenters. The summed E-state index contributed by atoms with van der Waals surface area (Å²) in [5, 5.41) is 9.93. The first-order valence-corrected chi connectivity index (χ1v) is 4.04. The lowest BCUT2D eigenvalue weighted by Gasteiger charge is -1.98. The molecule has 0 saturated carbocycles. The van der Waals surface area contributed by atoms with Gasteiger partial charge in [-0.1, -0.05) is 27.5 Å². The lowest BCUT2D eigenvalue weighted by atomic mass is 10.3. The molecule has 1 aliphatic rings. The van der Waals surface area contributed by atoms with E-state index in [-0.39, 0.29) is 10.00 Å². The van der Waals surface area contributed by atoms with Crippen LogP contribution in [0.3, 0.4) is 0 Å². The average molecular weight is 224 g/mol. The maximum Gasteiger partial charge on any atom is 0.146 e. The molecule has 1 aliphatic heterocycles. The number of nitrogens with one attached hydrogen (secondary N) is 2. The highest BCUT2D eigenvalue weighted by molar-refractivity contribution is 9.09. The second-order valence-electron chi connectivity index (χ2n) is 1.99. The molecule has 1 atom stereocenters. The van der Waals surface area contributed by atoms with Crippen molar-refractivity contribution in [3.8, 4) is 0 Å². The maximum absolute atomic E-state index is 7.06. The normalized spacial score (nSPS) is 24.8. The molecule has 0 aliphatic carbocycles. The Morgan fingerprint density at radius 2 is 2.50 bits per heavy atom. The van der Waals surface area contributed by atoms with Crippen LogP contribution in [0.4, 0.5) is 0 Å². The van der Waals surface area contributed by atoms with Gasteiger partial charge in [0.1, 0.15) is 5.17 Å². The van der Waals surface area contributed by atoms with E-state index in [9.17, 15) is 0 Å². The van der Waals surface area contributed by atoms with Crippen LogP contribution in [0, 0.1) is 5.41 Å². The van der Waals surface area contributed by atoms with E-state index < -0.39 is 0 Å². The fourth-order valence-corrected chi connectivity index (χ4v) is 1.33. The summed E-state index contributed by atoms with van der Waals surface area (Å²) in [7, 11) is 0. The van der Waals surface area contributed by atoms with E-state index in [1.165, 1.54) is 0 Å². The van der Waals surface area contributed by atoms with E-state index in [1.807, 2.05) is 0 Å². The Morgan fingerprint density at radius 1 is 1.90 bits per heavy atom. The van der Waals surface area contributed by atoms with Crippen LogP contribution in [0.25, 0.3) is 0 Å². The molecule has 0 aromatic carbocycles. The molecule has 1 heterocycles. The summed E-state index contributed by atoms with van der Waals surface area (Å²) in [5.41, 5.74) is 6.72. The minimum absolute atomic E-state index is 0.0283. The maximum atomic E-state index is 7.06. The van der Waals surface area contributed by atoms with Crippen molar-refractivity contribution < 1.29 is 0 Å². The third kappa shape index (κ3) is 1.27. The van der Waals surface area contributed by atoms with Gasteiger partial charge < -0.3 is 11.1 Å². The van der Waals surface area contributed by atoms with Gasteiger partial charge in [-0.2, -0.15) is 0 Å². The molecule has 0 aromatic rings. The second kappa shape index (κ2) is 2.80. The number of hydrogen-bond acceptors (Lipinski definition) is 3. The molecule has 0 bridgehead atoms. The number of nitrogens with two attached hydrogens (primary N) is 1. The van der Waals surface area contributed by atoms with Crippen molar-refractivity contribution in [2.45, 2.75) is 4.83 Å². The predicted molar refractivity (Wildman–Crippen MR) is 45.5 cm³/mol. The van der Waals surface area contributed by atoms with Gasteiger partial charge in [-0.25, -0.2) is 0 Å². The first-order chi connectivity index (χ1) is 4.63. The summed E-state index contributed by atoms with van der Waals surface area (Å²) >= 11 is 8.72. The average Bonchev–Trinajstić information content (AvgIpc) is 2.14. The summed E-state index contributed by atoms with van der Waals surface area (Å²) in [4.78, 5) is 0.113. The van der Waals surface area contributed by atoms with Gasteiger partial charge in [0.15, 0.2) is 0 Å². The van der Waals surface area contributed by atoms with Crippen molar-refractivity contribution in [3.63, 3.8) is 0 Å². The van der Waals surface area contributed by atoms with Crippen molar-refractivity contribution >= 4 is 32.7 Å². The van der Waals surface area contributed by atoms with E-state index in [0.29, 0.717) is 17.9 Å². The number of alkyl halides is 1. The second-order valence-corrected chi connectivity index (χ2v) is 3.48. The molecule has 10 heavy (non-hydrogen) atoms. The number of rotatable bonds is 1. The van der Waals surface area contributed by atoms with Gasteiger partial charge >= 0.3 is 0 Å². The highest BCUT2D eigenvalue weighted by Gasteiger charge is 2.21. The van der Waals surface area contributed by atoms with E-state index in [0.717, 1.165) is 0 Å². The van der Waals surface area contributed by atoms with E-state index in [1.54, 1.807) is 0 Å². The van der Waals surface area contributed by atoms with Crippen molar-refractivity contribution in [2.75, 3.05) is 6.54 Å². The third-order valence-corrected chi connectivity index (χ3v) is 2.31. The van der Waals surface area contributed by atoms with Crippen molar-refractivity contribution in [3.05, 3.63) is 11.4 Å². The van der Waals surface area contributed by atoms with Gasteiger partial charge in [-0.05, 0) is 0 Å². The number of allylic oxidation sites excluding steroid dienone is 1. The van der Waals surface area contributed by atoms with Crippen LogP contribution in [-0.2, 0) is 0 Å². The molecule has 1 rings (SSSR count). The molecule has 0 radical (unpaired) electrons. The molecule has 0 spiro atoms. The summed E-state index contributed by atoms with van der Waals surface area (Å²) in [6.45, 7) is 0.705. The van der Waals surface area contributed by atoms with Gasteiger partial charge in [0.25, 0.3) is 0 Å². The zero-order chi connectivity index (χ0) is 7.72. The highest BCUT2D eigenvalue weighted by Crippen LogP contribution is 2.17. The van der Waals surface area contributed by atoms with Gasteiger partial charge in [0.05, 0.1) is 16.2 Å². The smallest absolute Gasteiger partial charge is 0.146 e. The summed E-state index contributed by atoms with van der Waals surface area (Å²) in [6.07, 6.45) is 0. The Labute approximate surface area is 72.2 Å². The Hall–Kier alpha value is -0.220. The fourth-order valence-electron chi connectivity index (χ4n) is 0.765.